The highest BCUT2D eigenvalue weighted by atomic mass is 79.9. The van der Waals surface area contributed by atoms with Crippen LogP contribution in [0.15, 0.2) is 65.3 Å². The van der Waals surface area contributed by atoms with E-state index in [1.807, 2.05) is 4.90 Å². The second-order valence-corrected chi connectivity index (χ2v) is 8.84. The summed E-state index contributed by atoms with van der Waals surface area (Å²) in [5, 5.41) is 14.3. The van der Waals surface area contributed by atoms with Gasteiger partial charge in [0.25, 0.3) is 11.8 Å². The number of carbonyl (C=O) groups excluding carboxylic acids is 2. The number of halogens is 2. The summed E-state index contributed by atoms with van der Waals surface area (Å²) < 4.78 is 6.02. The van der Waals surface area contributed by atoms with Gasteiger partial charge in [0.1, 0.15) is 11.7 Å². The van der Waals surface area contributed by atoms with Crippen LogP contribution in [0.4, 0.5) is 11.5 Å². The van der Waals surface area contributed by atoms with Crippen LogP contribution in [0.1, 0.15) is 26.3 Å². The van der Waals surface area contributed by atoms with Crippen molar-refractivity contribution in [2.24, 2.45) is 0 Å². The van der Waals surface area contributed by atoms with Gasteiger partial charge in [-0.15, -0.1) is 0 Å². The fourth-order valence-corrected chi connectivity index (χ4v) is 3.86. The number of pyridine rings is 1. The van der Waals surface area contributed by atoms with E-state index in [1.165, 1.54) is 6.20 Å². The van der Waals surface area contributed by atoms with E-state index in [4.69, 9.17) is 21.7 Å². The van der Waals surface area contributed by atoms with Crippen molar-refractivity contribution < 1.29 is 14.3 Å². The first kappa shape index (κ1) is 23.9. The van der Waals surface area contributed by atoms with Crippen molar-refractivity contribution in [2.75, 3.05) is 36.9 Å². The van der Waals surface area contributed by atoms with Gasteiger partial charge < -0.3 is 20.3 Å². The molecule has 0 unspecified atom stereocenters. The topological polar surface area (TPSA) is 107 Å². The number of benzene rings is 2. The van der Waals surface area contributed by atoms with Crippen LogP contribution in [-0.4, -0.2) is 53.8 Å². The van der Waals surface area contributed by atoms with Gasteiger partial charge in [0.05, 0.1) is 29.5 Å². The maximum absolute atomic E-state index is 12.9. The minimum Gasteiger partial charge on any atom is -0.378 e. The number of nitrogens with one attached hydrogen (secondary N) is 3. The molecule has 1 aliphatic heterocycles. The molecule has 0 radical (unpaired) electrons. The van der Waals surface area contributed by atoms with Gasteiger partial charge in [-0.1, -0.05) is 39.7 Å². The molecule has 174 valence electrons. The Morgan fingerprint density at radius 3 is 2.35 bits per heavy atom. The third-order valence-corrected chi connectivity index (χ3v) is 5.91. The molecule has 1 fully saturated rings. The van der Waals surface area contributed by atoms with Gasteiger partial charge in [-0.05, 0) is 42.5 Å². The minimum atomic E-state index is -0.430. The first-order chi connectivity index (χ1) is 16.4. The summed E-state index contributed by atoms with van der Waals surface area (Å²) in [5.74, 6) is -0.0611. The minimum absolute atomic E-state index is 0.269. The van der Waals surface area contributed by atoms with Crippen molar-refractivity contribution in [1.29, 1.82) is 5.41 Å². The molecule has 0 saturated carbocycles. The monoisotopic (exact) mass is 541 g/mol. The summed E-state index contributed by atoms with van der Waals surface area (Å²) in [6.45, 7) is 2.53. The Balaban J connectivity index is 1.47. The molecule has 34 heavy (non-hydrogen) atoms. The fourth-order valence-electron chi connectivity index (χ4n) is 3.39. The van der Waals surface area contributed by atoms with E-state index in [-0.39, 0.29) is 11.5 Å². The average molecular weight is 543 g/mol. The number of morpholine rings is 1. The molecule has 0 bridgehead atoms. The van der Waals surface area contributed by atoms with Crippen LogP contribution in [0, 0.1) is 5.41 Å². The zero-order chi connectivity index (χ0) is 24.1. The summed E-state index contributed by atoms with van der Waals surface area (Å²) in [6, 6.07) is 15.0. The van der Waals surface area contributed by atoms with E-state index >= 15 is 0 Å². The van der Waals surface area contributed by atoms with Crippen molar-refractivity contribution in [3.05, 3.63) is 87.0 Å². The number of rotatable bonds is 5. The molecule has 2 aromatic carbocycles. The average Bonchev–Trinajstić information content (AvgIpc) is 2.86. The quantitative estimate of drug-likeness (QED) is 0.321. The molecular weight excluding hydrogens is 522 g/mol. The first-order valence-electron chi connectivity index (χ1n) is 10.5. The van der Waals surface area contributed by atoms with Crippen LogP contribution in [-0.2, 0) is 4.74 Å². The second kappa shape index (κ2) is 10.8. The second-order valence-electron chi connectivity index (χ2n) is 7.49. The van der Waals surface area contributed by atoms with Gasteiger partial charge in [0.15, 0.2) is 0 Å². The van der Waals surface area contributed by atoms with Crippen molar-refractivity contribution in [3.8, 4) is 0 Å². The Morgan fingerprint density at radius 1 is 0.971 bits per heavy atom. The van der Waals surface area contributed by atoms with E-state index in [0.29, 0.717) is 58.7 Å². The number of nitrogens with zero attached hydrogens (tertiary/aromatic N) is 2. The number of carbonyl (C=O) groups is 2. The molecule has 1 saturated heterocycles. The number of anilines is 2. The maximum Gasteiger partial charge on any atom is 0.258 e. The smallest absolute Gasteiger partial charge is 0.258 e. The van der Waals surface area contributed by atoms with E-state index in [0.717, 1.165) is 5.56 Å². The van der Waals surface area contributed by atoms with Crippen molar-refractivity contribution in [3.63, 3.8) is 0 Å². The summed E-state index contributed by atoms with van der Waals surface area (Å²) in [6.07, 6.45) is 1.43. The van der Waals surface area contributed by atoms with Gasteiger partial charge >= 0.3 is 0 Å². The van der Waals surface area contributed by atoms with Crippen molar-refractivity contribution >= 4 is 56.7 Å². The Bertz CT molecular complexity index is 1210. The fraction of sp³-hybridized carbons (Fsp3) is 0.167. The summed E-state index contributed by atoms with van der Waals surface area (Å²) in [5.41, 5.74) is 1.75. The Labute approximate surface area is 209 Å². The molecule has 3 N–H and O–H groups in total. The molecule has 10 heteroatoms. The van der Waals surface area contributed by atoms with Gasteiger partial charge in [-0.3, -0.25) is 15.0 Å². The maximum atomic E-state index is 12.9. The number of hydrogen-bond acceptors (Lipinski definition) is 5. The number of aromatic nitrogens is 1. The third kappa shape index (κ3) is 5.80. The lowest BCUT2D eigenvalue weighted by atomic mass is 10.1. The van der Waals surface area contributed by atoms with E-state index in [1.54, 1.807) is 54.6 Å². The Kier molecular flexibility index (Phi) is 7.56. The highest BCUT2D eigenvalue weighted by Gasteiger charge is 2.18. The van der Waals surface area contributed by atoms with Crippen LogP contribution in [0.5, 0.6) is 0 Å². The molecule has 1 aromatic heterocycles. The SMILES string of the molecule is N=C(c1ccc(C(=O)Nc2ccc(Br)cc2C(=O)Nc2ccc(Cl)cn2)cc1)N1CCOCC1. The van der Waals surface area contributed by atoms with Crippen molar-refractivity contribution in [1.82, 2.24) is 9.88 Å². The number of hydrogen-bond donors (Lipinski definition) is 3. The molecule has 4 rings (SSSR count). The molecule has 0 atom stereocenters. The van der Waals surface area contributed by atoms with E-state index < -0.39 is 5.91 Å². The predicted octanol–water partition coefficient (Wildman–Crippen LogP) is 4.66. The predicted molar refractivity (Wildman–Crippen MR) is 135 cm³/mol. The molecule has 8 nitrogen and oxygen atoms in total. The van der Waals surface area contributed by atoms with Gasteiger partial charge in [-0.25, -0.2) is 4.98 Å². The van der Waals surface area contributed by atoms with E-state index in [2.05, 4.69) is 31.5 Å². The lowest BCUT2D eigenvalue weighted by Gasteiger charge is -2.29. The van der Waals surface area contributed by atoms with Gasteiger partial charge in [-0.2, -0.15) is 0 Å². The summed E-state index contributed by atoms with van der Waals surface area (Å²) in [4.78, 5) is 31.8. The van der Waals surface area contributed by atoms with Crippen molar-refractivity contribution in [2.45, 2.75) is 0 Å². The van der Waals surface area contributed by atoms with Crippen LogP contribution in [0.3, 0.4) is 0 Å². The molecule has 2 amide bonds. The third-order valence-electron chi connectivity index (χ3n) is 5.19. The number of amidine groups is 1. The largest absolute Gasteiger partial charge is 0.378 e. The molecule has 0 aliphatic carbocycles. The molecular formula is C24H21BrClN5O3. The van der Waals surface area contributed by atoms with Gasteiger partial charge in [0.2, 0.25) is 0 Å². The molecule has 2 heterocycles. The van der Waals surface area contributed by atoms with Crippen LogP contribution < -0.4 is 10.6 Å². The first-order valence-corrected chi connectivity index (χ1v) is 11.6. The van der Waals surface area contributed by atoms with Crippen LogP contribution in [0.25, 0.3) is 0 Å². The van der Waals surface area contributed by atoms with E-state index in [9.17, 15) is 9.59 Å². The summed E-state index contributed by atoms with van der Waals surface area (Å²) >= 11 is 9.21. The lowest BCUT2D eigenvalue weighted by molar-refractivity contribution is 0.0680. The van der Waals surface area contributed by atoms with Crippen LogP contribution in [0.2, 0.25) is 5.02 Å². The number of ether oxygens (including phenoxy) is 1. The van der Waals surface area contributed by atoms with Crippen LogP contribution >= 0.6 is 27.5 Å². The molecule has 3 aromatic rings. The number of amides is 2. The Hall–Kier alpha value is -3.27. The van der Waals surface area contributed by atoms with Gasteiger partial charge in [0, 0.05) is 34.9 Å². The molecule has 0 spiro atoms. The molecule has 1 aliphatic rings. The zero-order valence-corrected chi connectivity index (χ0v) is 20.3. The highest BCUT2D eigenvalue weighted by Crippen LogP contribution is 2.23. The zero-order valence-electron chi connectivity index (χ0n) is 18.0. The standard InChI is InChI=1S/C24H21BrClN5O3/c25-17-5-7-20(19(13-17)24(33)30-21-8-6-18(26)14-28-21)29-23(32)16-3-1-15(2-4-16)22(27)31-9-11-34-12-10-31/h1-8,13-14,27H,9-12H2,(H,29,32)(H,28,30,33). The lowest BCUT2D eigenvalue weighted by Crippen LogP contribution is -2.40. The summed E-state index contributed by atoms with van der Waals surface area (Å²) in [7, 11) is 0. The normalized spacial score (nSPS) is 13.3. The highest BCUT2D eigenvalue weighted by molar-refractivity contribution is 9.10. The Morgan fingerprint density at radius 2 is 1.68 bits per heavy atom.